The largest absolute Gasteiger partial charge is 0.477 e. The molecule has 20 heavy (non-hydrogen) atoms. The second-order valence-corrected chi connectivity index (χ2v) is 6.68. The lowest BCUT2D eigenvalue weighted by molar-refractivity contribution is -0.120. The lowest BCUT2D eigenvalue weighted by Crippen LogP contribution is -2.32. The van der Waals surface area contributed by atoms with Crippen molar-refractivity contribution in [3.8, 4) is 0 Å². The summed E-state index contributed by atoms with van der Waals surface area (Å²) in [6, 6.07) is 0. The molecule has 0 aliphatic carbocycles. The summed E-state index contributed by atoms with van der Waals surface area (Å²) < 4.78 is 5.49. The average Bonchev–Trinajstić information content (AvgIpc) is 2.75. The van der Waals surface area contributed by atoms with Crippen LogP contribution in [0.3, 0.4) is 0 Å². The number of thiazole rings is 1. The molecule has 1 aromatic rings. The predicted octanol–water partition coefficient (Wildman–Crippen LogP) is 1.78. The number of carboxylic acids is 1. The number of hydrogen-bond acceptors (Lipinski definition) is 6. The number of aromatic carboxylic acids is 1. The normalized spacial score (nSPS) is 12.2. The Labute approximate surface area is 125 Å². The molecule has 1 heterocycles. The maximum Gasteiger partial charge on any atom is 0.347 e. The molecule has 0 fully saturated rings. The van der Waals surface area contributed by atoms with Crippen LogP contribution in [0, 0.1) is 6.92 Å². The Bertz CT molecular complexity index is 476. The van der Waals surface area contributed by atoms with E-state index < -0.39 is 5.97 Å². The van der Waals surface area contributed by atoms with Gasteiger partial charge in [-0.2, -0.15) is 0 Å². The molecule has 112 valence electrons. The fraction of sp³-hybridized carbons (Fsp3) is 0.583. The standard InChI is InChI=1S/C12H18N2O4S2/c1-7-9(11(16)17)20-12(14-7)19-8(2)10(15)13-5-4-6-18-3/h8H,4-6H2,1-3H3,(H,13,15)(H,16,17). The van der Waals surface area contributed by atoms with Crippen LogP contribution in [-0.4, -0.2) is 47.5 Å². The van der Waals surface area contributed by atoms with Gasteiger partial charge in [-0.3, -0.25) is 4.79 Å². The molecule has 2 N–H and O–H groups in total. The van der Waals surface area contributed by atoms with Crippen molar-refractivity contribution in [1.82, 2.24) is 10.3 Å². The maximum absolute atomic E-state index is 11.8. The highest BCUT2D eigenvalue weighted by molar-refractivity contribution is 8.02. The molecule has 0 aromatic carbocycles. The number of methoxy groups -OCH3 is 1. The molecule has 1 amide bonds. The number of amides is 1. The highest BCUT2D eigenvalue weighted by Crippen LogP contribution is 2.30. The first kappa shape index (κ1) is 16.9. The summed E-state index contributed by atoms with van der Waals surface area (Å²) in [4.78, 5) is 27.1. The van der Waals surface area contributed by atoms with Crippen molar-refractivity contribution in [2.24, 2.45) is 0 Å². The topological polar surface area (TPSA) is 88.5 Å². The number of ether oxygens (including phenoxy) is 1. The van der Waals surface area contributed by atoms with Crippen molar-refractivity contribution in [2.45, 2.75) is 29.9 Å². The van der Waals surface area contributed by atoms with Gasteiger partial charge in [-0.1, -0.05) is 11.8 Å². The summed E-state index contributed by atoms with van der Waals surface area (Å²) in [5.41, 5.74) is 0.484. The molecule has 1 rings (SSSR count). The van der Waals surface area contributed by atoms with Gasteiger partial charge in [-0.15, -0.1) is 11.3 Å². The number of carboxylic acid groups (broad SMARTS) is 1. The van der Waals surface area contributed by atoms with Crippen LogP contribution in [0.5, 0.6) is 0 Å². The third-order valence-corrected chi connectivity index (χ3v) is 4.78. The number of hydrogen-bond donors (Lipinski definition) is 2. The van der Waals surface area contributed by atoms with E-state index in [-0.39, 0.29) is 16.0 Å². The molecule has 0 saturated heterocycles. The number of aromatic nitrogens is 1. The summed E-state index contributed by atoms with van der Waals surface area (Å²) in [6.07, 6.45) is 0.763. The minimum absolute atomic E-state index is 0.0872. The summed E-state index contributed by atoms with van der Waals surface area (Å²) in [5, 5.41) is 11.4. The molecule has 0 bridgehead atoms. The predicted molar refractivity (Wildman–Crippen MR) is 78.6 cm³/mol. The van der Waals surface area contributed by atoms with Gasteiger partial charge in [0.1, 0.15) is 4.88 Å². The Kier molecular flexibility index (Phi) is 6.97. The van der Waals surface area contributed by atoms with Gasteiger partial charge >= 0.3 is 5.97 Å². The molecule has 0 aliphatic heterocycles. The fourth-order valence-corrected chi connectivity index (χ4v) is 3.59. The highest BCUT2D eigenvalue weighted by atomic mass is 32.2. The number of carbonyl (C=O) groups excluding carboxylic acids is 1. The average molecular weight is 318 g/mol. The maximum atomic E-state index is 11.8. The molecule has 0 aliphatic rings. The molecular formula is C12H18N2O4S2. The van der Waals surface area contributed by atoms with Crippen LogP contribution >= 0.6 is 23.1 Å². The van der Waals surface area contributed by atoms with Gasteiger partial charge in [0.15, 0.2) is 4.34 Å². The van der Waals surface area contributed by atoms with E-state index in [4.69, 9.17) is 9.84 Å². The monoisotopic (exact) mass is 318 g/mol. The van der Waals surface area contributed by atoms with Crippen molar-refractivity contribution in [3.05, 3.63) is 10.6 Å². The summed E-state index contributed by atoms with van der Waals surface area (Å²) >= 11 is 2.37. The van der Waals surface area contributed by atoms with Gasteiger partial charge in [0.05, 0.1) is 10.9 Å². The molecule has 0 saturated carbocycles. The number of carbonyl (C=O) groups is 2. The first-order valence-corrected chi connectivity index (χ1v) is 7.79. The third-order valence-electron chi connectivity index (χ3n) is 2.44. The van der Waals surface area contributed by atoms with Crippen molar-refractivity contribution in [2.75, 3.05) is 20.3 Å². The van der Waals surface area contributed by atoms with Crippen LogP contribution in [-0.2, 0) is 9.53 Å². The summed E-state index contributed by atoms with van der Waals surface area (Å²) in [5.74, 6) is -1.07. The Morgan fingerprint density at radius 1 is 1.55 bits per heavy atom. The third kappa shape index (κ3) is 5.10. The Morgan fingerprint density at radius 3 is 2.80 bits per heavy atom. The van der Waals surface area contributed by atoms with E-state index in [1.807, 2.05) is 0 Å². The van der Waals surface area contributed by atoms with E-state index in [9.17, 15) is 9.59 Å². The van der Waals surface area contributed by atoms with Gasteiger partial charge in [0.2, 0.25) is 5.91 Å². The SMILES string of the molecule is COCCCNC(=O)C(C)Sc1nc(C)c(C(=O)O)s1. The molecule has 6 nitrogen and oxygen atoms in total. The van der Waals surface area contributed by atoms with E-state index in [1.54, 1.807) is 21.0 Å². The molecule has 8 heteroatoms. The van der Waals surface area contributed by atoms with E-state index in [1.165, 1.54) is 11.8 Å². The first-order chi connectivity index (χ1) is 9.45. The van der Waals surface area contributed by atoms with Gasteiger partial charge in [0.25, 0.3) is 0 Å². The number of thioether (sulfide) groups is 1. The van der Waals surface area contributed by atoms with Crippen molar-refractivity contribution < 1.29 is 19.4 Å². The molecule has 1 unspecified atom stereocenters. The smallest absolute Gasteiger partial charge is 0.347 e. The Hall–Kier alpha value is -1.12. The molecule has 0 spiro atoms. The Morgan fingerprint density at radius 2 is 2.25 bits per heavy atom. The highest BCUT2D eigenvalue weighted by Gasteiger charge is 2.19. The number of aryl methyl sites for hydroxylation is 1. The van der Waals surface area contributed by atoms with Gasteiger partial charge in [-0.25, -0.2) is 9.78 Å². The second kappa shape index (κ2) is 8.23. The summed E-state index contributed by atoms with van der Waals surface area (Å²) in [6.45, 7) is 4.59. The van der Waals surface area contributed by atoms with Crippen LogP contribution in [0.1, 0.15) is 28.7 Å². The fourth-order valence-electron chi connectivity index (χ4n) is 1.40. The number of nitrogens with one attached hydrogen (secondary N) is 1. The summed E-state index contributed by atoms with van der Waals surface area (Å²) in [7, 11) is 1.62. The van der Waals surface area contributed by atoms with E-state index in [0.29, 0.717) is 23.2 Å². The van der Waals surface area contributed by atoms with Crippen LogP contribution < -0.4 is 5.32 Å². The van der Waals surface area contributed by atoms with Crippen LogP contribution in [0.25, 0.3) is 0 Å². The Balaban J connectivity index is 2.49. The van der Waals surface area contributed by atoms with Gasteiger partial charge in [0, 0.05) is 20.3 Å². The van der Waals surface area contributed by atoms with Gasteiger partial charge in [-0.05, 0) is 20.3 Å². The van der Waals surface area contributed by atoms with E-state index in [2.05, 4.69) is 10.3 Å². The molecule has 1 atom stereocenters. The second-order valence-electron chi connectivity index (χ2n) is 4.10. The van der Waals surface area contributed by atoms with Crippen LogP contribution in [0.15, 0.2) is 4.34 Å². The van der Waals surface area contributed by atoms with Crippen molar-refractivity contribution in [1.29, 1.82) is 0 Å². The zero-order valence-electron chi connectivity index (χ0n) is 11.6. The lowest BCUT2D eigenvalue weighted by atomic mass is 10.4. The zero-order chi connectivity index (χ0) is 15.1. The zero-order valence-corrected chi connectivity index (χ0v) is 13.3. The molecular weight excluding hydrogens is 300 g/mol. The quantitative estimate of drug-likeness (QED) is 0.561. The minimum Gasteiger partial charge on any atom is -0.477 e. The van der Waals surface area contributed by atoms with Gasteiger partial charge < -0.3 is 15.2 Å². The number of nitrogens with zero attached hydrogens (tertiary/aromatic N) is 1. The molecule has 0 radical (unpaired) electrons. The number of rotatable bonds is 8. The lowest BCUT2D eigenvalue weighted by Gasteiger charge is -2.10. The van der Waals surface area contributed by atoms with Crippen LogP contribution in [0.2, 0.25) is 0 Å². The van der Waals surface area contributed by atoms with E-state index in [0.717, 1.165) is 17.8 Å². The minimum atomic E-state index is -0.983. The van der Waals surface area contributed by atoms with E-state index >= 15 is 0 Å². The molecule has 1 aromatic heterocycles. The van der Waals surface area contributed by atoms with Crippen LogP contribution in [0.4, 0.5) is 0 Å². The van der Waals surface area contributed by atoms with Crippen molar-refractivity contribution >= 4 is 35.0 Å². The first-order valence-electron chi connectivity index (χ1n) is 6.09. The van der Waals surface area contributed by atoms with Crippen molar-refractivity contribution in [3.63, 3.8) is 0 Å².